The van der Waals surface area contributed by atoms with Crippen molar-refractivity contribution in [3.05, 3.63) is 46.0 Å². The largest absolute Gasteiger partial charge is 0.392 e. The topological polar surface area (TPSA) is 20.2 Å². The summed E-state index contributed by atoms with van der Waals surface area (Å²) >= 11 is 6.16. The van der Waals surface area contributed by atoms with E-state index in [9.17, 15) is 5.11 Å². The molecule has 1 N–H and O–H groups in total. The third-order valence-corrected chi connectivity index (χ3v) is 5.58. The Morgan fingerprint density at radius 3 is 2.62 bits per heavy atom. The third kappa shape index (κ3) is 2.17. The monoisotopic (exact) mass is 302 g/mol. The Balaban J connectivity index is 1.87. The number of rotatable bonds is 1. The van der Waals surface area contributed by atoms with Gasteiger partial charge in [0.2, 0.25) is 0 Å². The van der Waals surface area contributed by atoms with E-state index in [0.717, 1.165) is 29.1 Å². The molecular formula is C18H21ClNO+. The van der Waals surface area contributed by atoms with Gasteiger partial charge in [0.1, 0.15) is 13.1 Å². The Hall–Kier alpha value is -1.09. The summed E-state index contributed by atoms with van der Waals surface area (Å²) in [5.74, 6) is 0. The van der Waals surface area contributed by atoms with Gasteiger partial charge in [-0.3, -0.25) is 0 Å². The van der Waals surface area contributed by atoms with Crippen LogP contribution in [-0.2, 0) is 19.7 Å². The van der Waals surface area contributed by atoms with E-state index in [1.807, 2.05) is 12.1 Å². The predicted molar refractivity (Wildman–Crippen MR) is 86.1 cm³/mol. The van der Waals surface area contributed by atoms with Crippen molar-refractivity contribution in [1.82, 2.24) is 0 Å². The van der Waals surface area contributed by atoms with Crippen LogP contribution >= 0.6 is 11.6 Å². The average Bonchev–Trinajstić information content (AvgIpc) is 2.82. The van der Waals surface area contributed by atoms with Crippen molar-refractivity contribution in [2.75, 3.05) is 13.1 Å². The highest BCUT2D eigenvalue weighted by Gasteiger charge is 2.38. The van der Waals surface area contributed by atoms with Gasteiger partial charge in [0.05, 0.1) is 19.7 Å². The van der Waals surface area contributed by atoms with Crippen LogP contribution in [0.15, 0.2) is 24.3 Å². The molecule has 1 spiro atoms. The van der Waals surface area contributed by atoms with Crippen molar-refractivity contribution in [3.8, 4) is 0 Å². The highest BCUT2D eigenvalue weighted by molar-refractivity contribution is 6.31. The van der Waals surface area contributed by atoms with Crippen LogP contribution in [0.5, 0.6) is 0 Å². The van der Waals surface area contributed by atoms with Crippen LogP contribution in [0.3, 0.4) is 0 Å². The molecule has 2 aromatic carbocycles. The van der Waals surface area contributed by atoms with Gasteiger partial charge in [0.15, 0.2) is 0 Å². The van der Waals surface area contributed by atoms with E-state index in [1.165, 1.54) is 53.3 Å². The van der Waals surface area contributed by atoms with Crippen LogP contribution < -0.4 is 0 Å². The quantitative estimate of drug-likeness (QED) is 0.790. The smallest absolute Gasteiger partial charge is 0.105 e. The molecule has 21 heavy (non-hydrogen) atoms. The third-order valence-electron chi connectivity index (χ3n) is 5.34. The molecule has 0 amide bonds. The highest BCUT2D eigenvalue weighted by Crippen LogP contribution is 2.39. The zero-order chi connectivity index (χ0) is 14.4. The molecule has 2 heterocycles. The number of hydrogen-bond donors (Lipinski definition) is 1. The first-order valence-corrected chi connectivity index (χ1v) is 8.27. The van der Waals surface area contributed by atoms with Gasteiger partial charge in [-0.1, -0.05) is 17.7 Å². The summed E-state index contributed by atoms with van der Waals surface area (Å²) in [7, 11) is 0. The van der Waals surface area contributed by atoms with Crippen LogP contribution in [0.1, 0.15) is 36.0 Å². The lowest BCUT2D eigenvalue weighted by atomic mass is 9.96. The number of halogens is 1. The molecule has 1 fully saturated rings. The summed E-state index contributed by atoms with van der Waals surface area (Å²) in [6.07, 6.45) is 4.06. The molecule has 3 heteroatoms. The van der Waals surface area contributed by atoms with Gasteiger partial charge in [0.25, 0.3) is 0 Å². The van der Waals surface area contributed by atoms with Crippen molar-refractivity contribution < 1.29 is 9.59 Å². The number of fused-ring (bicyclic) bond motifs is 2. The van der Waals surface area contributed by atoms with Crippen molar-refractivity contribution in [3.63, 3.8) is 0 Å². The van der Waals surface area contributed by atoms with E-state index in [2.05, 4.69) is 12.1 Å². The number of benzene rings is 2. The van der Waals surface area contributed by atoms with E-state index in [-0.39, 0.29) is 6.61 Å². The second-order valence-corrected chi connectivity index (χ2v) is 7.12. The Bertz CT molecular complexity index is 704. The number of aliphatic hydroxyl groups is 1. The minimum absolute atomic E-state index is 0.111. The second-order valence-electron chi connectivity index (χ2n) is 6.68. The first-order chi connectivity index (χ1) is 10.2. The molecular weight excluding hydrogens is 282 g/mol. The zero-order valence-corrected chi connectivity index (χ0v) is 13.0. The van der Waals surface area contributed by atoms with Gasteiger partial charge >= 0.3 is 0 Å². The minimum atomic E-state index is 0.111. The molecule has 0 saturated carbocycles. The number of nitrogens with zero attached hydrogens (tertiary/aromatic N) is 1. The molecule has 0 aliphatic carbocycles. The average molecular weight is 303 g/mol. The molecule has 0 radical (unpaired) electrons. The van der Waals surface area contributed by atoms with Gasteiger partial charge in [0, 0.05) is 16.1 Å². The molecule has 1 saturated heterocycles. The van der Waals surface area contributed by atoms with Crippen LogP contribution in [0.4, 0.5) is 0 Å². The Labute approximate surface area is 130 Å². The summed E-state index contributed by atoms with van der Waals surface area (Å²) in [4.78, 5) is 0. The van der Waals surface area contributed by atoms with Crippen LogP contribution in [0.25, 0.3) is 10.8 Å². The van der Waals surface area contributed by atoms with E-state index in [1.54, 1.807) is 0 Å². The summed E-state index contributed by atoms with van der Waals surface area (Å²) in [5.41, 5.74) is 3.93. The molecule has 110 valence electrons. The van der Waals surface area contributed by atoms with Crippen molar-refractivity contribution in [1.29, 1.82) is 0 Å². The SMILES string of the molecule is OCc1c2c(cc3ccc(Cl)cc13)C[N+]1(CCCCC1)C2. The number of aliphatic hydroxyl groups excluding tert-OH is 1. The number of quaternary nitrogens is 1. The number of hydrogen-bond acceptors (Lipinski definition) is 1. The van der Waals surface area contributed by atoms with E-state index >= 15 is 0 Å². The molecule has 2 aromatic rings. The van der Waals surface area contributed by atoms with Gasteiger partial charge in [-0.2, -0.15) is 0 Å². The molecule has 0 atom stereocenters. The molecule has 2 nitrogen and oxygen atoms in total. The van der Waals surface area contributed by atoms with Crippen LogP contribution in [0, 0.1) is 0 Å². The maximum atomic E-state index is 9.93. The lowest BCUT2D eigenvalue weighted by molar-refractivity contribution is -0.951. The fraction of sp³-hybridized carbons (Fsp3) is 0.444. The minimum Gasteiger partial charge on any atom is -0.392 e. The molecule has 2 aliphatic rings. The van der Waals surface area contributed by atoms with E-state index in [0.29, 0.717) is 0 Å². The van der Waals surface area contributed by atoms with Crippen molar-refractivity contribution in [2.24, 2.45) is 0 Å². The summed E-state index contributed by atoms with van der Waals surface area (Å²) in [5, 5.41) is 13.0. The zero-order valence-electron chi connectivity index (χ0n) is 12.2. The lowest BCUT2D eigenvalue weighted by Gasteiger charge is -2.37. The Morgan fingerprint density at radius 2 is 1.86 bits per heavy atom. The Kier molecular flexibility index (Phi) is 3.21. The van der Waals surface area contributed by atoms with E-state index < -0.39 is 0 Å². The second kappa shape index (κ2) is 4.98. The van der Waals surface area contributed by atoms with Gasteiger partial charge in [-0.05, 0) is 53.8 Å². The first kappa shape index (κ1) is 13.6. The maximum Gasteiger partial charge on any atom is 0.105 e. The van der Waals surface area contributed by atoms with Crippen molar-refractivity contribution >= 4 is 22.4 Å². The molecule has 0 aromatic heterocycles. The normalized spacial score (nSPS) is 20.1. The first-order valence-electron chi connectivity index (χ1n) is 7.90. The van der Waals surface area contributed by atoms with Crippen LogP contribution in [-0.4, -0.2) is 22.7 Å². The lowest BCUT2D eigenvalue weighted by Crippen LogP contribution is -2.46. The summed E-state index contributed by atoms with van der Waals surface area (Å²) < 4.78 is 1.20. The summed E-state index contributed by atoms with van der Waals surface area (Å²) in [6.45, 7) is 4.92. The molecule has 0 unspecified atom stereocenters. The molecule has 0 bridgehead atoms. The molecule has 4 rings (SSSR count). The fourth-order valence-corrected chi connectivity index (χ4v) is 4.49. The van der Waals surface area contributed by atoms with Crippen molar-refractivity contribution in [2.45, 2.75) is 39.0 Å². The summed E-state index contributed by atoms with van der Waals surface area (Å²) in [6, 6.07) is 8.34. The van der Waals surface area contributed by atoms with Gasteiger partial charge in [-0.25, -0.2) is 0 Å². The number of piperidine rings is 1. The highest BCUT2D eigenvalue weighted by atomic mass is 35.5. The van der Waals surface area contributed by atoms with Gasteiger partial charge in [-0.15, -0.1) is 0 Å². The Morgan fingerprint density at radius 1 is 1.05 bits per heavy atom. The predicted octanol–water partition coefficient (Wildman–Crippen LogP) is 4.00. The van der Waals surface area contributed by atoms with E-state index in [4.69, 9.17) is 11.6 Å². The van der Waals surface area contributed by atoms with Crippen LogP contribution in [0.2, 0.25) is 5.02 Å². The standard InChI is InChI=1S/C18H21ClNO/c19-15-5-4-13-8-14-10-20(6-2-1-3-7-20)11-17(14)18(12-21)16(13)9-15/h4-5,8-9,21H,1-3,6-7,10-12H2/q+1. The van der Waals surface area contributed by atoms with Gasteiger partial charge < -0.3 is 9.59 Å². The molecule has 2 aliphatic heterocycles. The maximum absolute atomic E-state index is 9.93. The fourth-order valence-electron chi connectivity index (χ4n) is 4.32.